The summed E-state index contributed by atoms with van der Waals surface area (Å²) in [5, 5.41) is 0. The Morgan fingerprint density at radius 3 is 2.42 bits per heavy atom. The van der Waals surface area contributed by atoms with Gasteiger partial charge in [-0.25, -0.2) is 4.39 Å². The van der Waals surface area contributed by atoms with E-state index in [9.17, 15) is 14.0 Å². The fourth-order valence-corrected chi connectivity index (χ4v) is 4.01. The molecule has 2 heterocycles. The molecule has 6 heteroatoms. The summed E-state index contributed by atoms with van der Waals surface area (Å²) < 4.78 is 17.9. The second-order valence-corrected chi connectivity index (χ2v) is 7.32. The quantitative estimate of drug-likeness (QED) is 0.772. The fourth-order valence-electron chi connectivity index (χ4n) is 4.01. The van der Waals surface area contributed by atoms with E-state index < -0.39 is 0 Å². The lowest BCUT2D eigenvalue weighted by Crippen LogP contribution is -2.47. The number of carbonyl (C=O) groups excluding carboxylic acids is 2. The first kappa shape index (κ1) is 18.8. The van der Waals surface area contributed by atoms with Gasteiger partial charge in [-0.2, -0.15) is 0 Å². The minimum absolute atomic E-state index is 0.0128. The van der Waals surface area contributed by atoms with Crippen molar-refractivity contribution in [3.05, 3.63) is 35.6 Å². The fraction of sp³-hybridized carbons (Fsp3) is 0.600. The zero-order valence-electron chi connectivity index (χ0n) is 15.3. The monoisotopic (exact) mass is 362 g/mol. The van der Waals surface area contributed by atoms with E-state index in [2.05, 4.69) is 4.90 Å². The Morgan fingerprint density at radius 2 is 1.77 bits per heavy atom. The van der Waals surface area contributed by atoms with Gasteiger partial charge in [-0.05, 0) is 49.9 Å². The van der Waals surface area contributed by atoms with Crippen LogP contribution in [0, 0.1) is 17.7 Å². The van der Waals surface area contributed by atoms with Crippen LogP contribution in [-0.2, 0) is 20.9 Å². The molecule has 1 amide bonds. The molecule has 0 spiro atoms. The SMILES string of the molecule is COC(=O)C1CCN(C(=O)[C@@H]2CCCN(Cc3ccc(F)cc3)C2)CC1. The van der Waals surface area contributed by atoms with Gasteiger partial charge in [0.15, 0.2) is 0 Å². The molecule has 0 bridgehead atoms. The Morgan fingerprint density at radius 1 is 1.08 bits per heavy atom. The Labute approximate surface area is 154 Å². The highest BCUT2D eigenvalue weighted by Gasteiger charge is 2.33. The van der Waals surface area contributed by atoms with Crippen LogP contribution in [-0.4, -0.2) is 55.0 Å². The van der Waals surface area contributed by atoms with Crippen molar-refractivity contribution in [2.75, 3.05) is 33.3 Å². The van der Waals surface area contributed by atoms with Crippen molar-refractivity contribution >= 4 is 11.9 Å². The molecule has 0 N–H and O–H groups in total. The van der Waals surface area contributed by atoms with Gasteiger partial charge in [-0.3, -0.25) is 14.5 Å². The normalized spacial score (nSPS) is 22.2. The molecule has 0 aliphatic carbocycles. The number of ether oxygens (including phenoxy) is 1. The van der Waals surface area contributed by atoms with Crippen molar-refractivity contribution in [3.63, 3.8) is 0 Å². The van der Waals surface area contributed by atoms with Crippen molar-refractivity contribution in [2.45, 2.75) is 32.2 Å². The molecule has 2 aliphatic heterocycles. The summed E-state index contributed by atoms with van der Waals surface area (Å²) in [6, 6.07) is 6.57. The molecule has 5 nitrogen and oxygen atoms in total. The van der Waals surface area contributed by atoms with Crippen LogP contribution >= 0.6 is 0 Å². The van der Waals surface area contributed by atoms with Crippen LogP contribution in [0.5, 0.6) is 0 Å². The molecule has 1 aromatic rings. The maximum Gasteiger partial charge on any atom is 0.308 e. The van der Waals surface area contributed by atoms with E-state index >= 15 is 0 Å². The summed E-state index contributed by atoms with van der Waals surface area (Å²) >= 11 is 0. The minimum Gasteiger partial charge on any atom is -0.469 e. The van der Waals surface area contributed by atoms with Crippen molar-refractivity contribution in [1.82, 2.24) is 9.80 Å². The van der Waals surface area contributed by atoms with Gasteiger partial charge in [-0.1, -0.05) is 12.1 Å². The third-order valence-corrected chi connectivity index (χ3v) is 5.52. The van der Waals surface area contributed by atoms with E-state index in [0.29, 0.717) is 25.9 Å². The van der Waals surface area contributed by atoms with Gasteiger partial charge >= 0.3 is 5.97 Å². The summed E-state index contributed by atoms with van der Waals surface area (Å²) in [4.78, 5) is 28.7. The number of hydrogen-bond donors (Lipinski definition) is 0. The zero-order valence-corrected chi connectivity index (χ0v) is 15.3. The van der Waals surface area contributed by atoms with Gasteiger partial charge in [0, 0.05) is 26.2 Å². The predicted octanol–water partition coefficient (Wildman–Crippen LogP) is 2.45. The van der Waals surface area contributed by atoms with Crippen LogP contribution < -0.4 is 0 Å². The first-order valence-corrected chi connectivity index (χ1v) is 9.40. The predicted molar refractivity (Wildman–Crippen MR) is 95.7 cm³/mol. The van der Waals surface area contributed by atoms with Crippen LogP contribution in [0.2, 0.25) is 0 Å². The van der Waals surface area contributed by atoms with E-state index in [0.717, 1.165) is 38.0 Å². The molecule has 0 unspecified atom stereocenters. The van der Waals surface area contributed by atoms with Gasteiger partial charge < -0.3 is 9.64 Å². The maximum absolute atomic E-state index is 13.0. The van der Waals surface area contributed by atoms with Crippen LogP contribution in [0.4, 0.5) is 4.39 Å². The van der Waals surface area contributed by atoms with Crippen molar-refractivity contribution < 1.29 is 18.7 Å². The lowest BCUT2D eigenvalue weighted by Gasteiger charge is -2.37. The number of esters is 1. The topological polar surface area (TPSA) is 49.9 Å². The van der Waals surface area contributed by atoms with Crippen molar-refractivity contribution in [3.8, 4) is 0 Å². The van der Waals surface area contributed by atoms with Gasteiger partial charge in [-0.15, -0.1) is 0 Å². The summed E-state index contributed by atoms with van der Waals surface area (Å²) in [7, 11) is 1.41. The number of amides is 1. The van der Waals surface area contributed by atoms with Crippen LogP contribution in [0.3, 0.4) is 0 Å². The Bertz CT molecular complexity index is 626. The number of benzene rings is 1. The molecule has 3 rings (SSSR count). The number of likely N-dealkylation sites (tertiary alicyclic amines) is 2. The molecule has 0 radical (unpaired) electrons. The third kappa shape index (κ3) is 4.61. The molecule has 26 heavy (non-hydrogen) atoms. The molecular formula is C20H27FN2O3. The Hall–Kier alpha value is -1.95. The summed E-state index contributed by atoms with van der Waals surface area (Å²) in [6.07, 6.45) is 3.28. The zero-order chi connectivity index (χ0) is 18.5. The van der Waals surface area contributed by atoms with E-state index in [4.69, 9.17) is 4.74 Å². The van der Waals surface area contributed by atoms with Crippen molar-refractivity contribution in [2.24, 2.45) is 11.8 Å². The second kappa shape index (κ2) is 8.62. The number of nitrogens with zero attached hydrogens (tertiary/aromatic N) is 2. The molecule has 2 aliphatic rings. The van der Waals surface area contributed by atoms with Crippen LogP contribution in [0.1, 0.15) is 31.2 Å². The lowest BCUT2D eigenvalue weighted by molar-refractivity contribution is -0.150. The molecule has 0 aromatic heterocycles. The molecule has 142 valence electrons. The molecular weight excluding hydrogens is 335 g/mol. The summed E-state index contributed by atoms with van der Waals surface area (Å²) in [6.45, 7) is 3.72. The van der Waals surface area contributed by atoms with Gasteiger partial charge in [0.2, 0.25) is 5.91 Å². The number of halogens is 1. The molecule has 2 saturated heterocycles. The number of piperidine rings is 2. The number of hydrogen-bond acceptors (Lipinski definition) is 4. The summed E-state index contributed by atoms with van der Waals surface area (Å²) in [5.41, 5.74) is 1.07. The highest BCUT2D eigenvalue weighted by Crippen LogP contribution is 2.24. The molecule has 1 atom stereocenters. The third-order valence-electron chi connectivity index (χ3n) is 5.52. The standard InChI is InChI=1S/C20H27FN2O3/c1-26-20(25)16-8-11-23(12-9-16)19(24)17-3-2-10-22(14-17)13-15-4-6-18(21)7-5-15/h4-7,16-17H,2-3,8-14H2,1H3/t17-/m1/s1. The van der Waals surface area contributed by atoms with Crippen molar-refractivity contribution in [1.29, 1.82) is 0 Å². The Balaban J connectivity index is 1.51. The number of carbonyl (C=O) groups is 2. The smallest absolute Gasteiger partial charge is 0.308 e. The average molecular weight is 362 g/mol. The highest BCUT2D eigenvalue weighted by atomic mass is 19.1. The molecule has 2 fully saturated rings. The van der Waals surface area contributed by atoms with Crippen LogP contribution in [0.25, 0.3) is 0 Å². The average Bonchev–Trinajstić information content (AvgIpc) is 2.69. The van der Waals surface area contributed by atoms with E-state index in [1.54, 1.807) is 12.1 Å². The minimum atomic E-state index is -0.226. The largest absolute Gasteiger partial charge is 0.469 e. The van der Waals surface area contributed by atoms with Gasteiger partial charge in [0.1, 0.15) is 5.82 Å². The molecule has 1 aromatic carbocycles. The Kier molecular flexibility index (Phi) is 6.25. The van der Waals surface area contributed by atoms with E-state index in [-0.39, 0.29) is 29.5 Å². The highest BCUT2D eigenvalue weighted by molar-refractivity contribution is 5.80. The van der Waals surface area contributed by atoms with Gasteiger partial charge in [0.05, 0.1) is 18.9 Å². The van der Waals surface area contributed by atoms with E-state index in [1.807, 2.05) is 4.90 Å². The second-order valence-electron chi connectivity index (χ2n) is 7.32. The number of rotatable bonds is 4. The van der Waals surface area contributed by atoms with Gasteiger partial charge in [0.25, 0.3) is 0 Å². The van der Waals surface area contributed by atoms with E-state index in [1.165, 1.54) is 19.2 Å². The molecule has 0 saturated carbocycles. The number of methoxy groups -OCH3 is 1. The van der Waals surface area contributed by atoms with Crippen LogP contribution in [0.15, 0.2) is 24.3 Å². The lowest BCUT2D eigenvalue weighted by atomic mass is 9.92. The first-order valence-electron chi connectivity index (χ1n) is 9.40. The summed E-state index contributed by atoms with van der Waals surface area (Å²) in [5.74, 6) is -0.252. The first-order chi connectivity index (χ1) is 12.6. The maximum atomic E-state index is 13.0.